The maximum atomic E-state index is 5.38. The molecule has 0 amide bonds. The average molecular weight is 304 g/mol. The largest absolute Gasteiger partial charge is 0.378 e. The fraction of sp³-hybridized carbons (Fsp3) is 0.467. The van der Waals surface area contributed by atoms with Crippen molar-refractivity contribution in [3.8, 4) is 0 Å². The van der Waals surface area contributed by atoms with Crippen molar-refractivity contribution in [2.24, 2.45) is 0 Å². The lowest BCUT2D eigenvalue weighted by Gasteiger charge is -2.28. The number of hydrogen-bond donors (Lipinski definition) is 1. The molecule has 1 aliphatic heterocycles. The Morgan fingerprint density at radius 2 is 2.24 bits per heavy atom. The van der Waals surface area contributed by atoms with Gasteiger partial charge in [0, 0.05) is 24.0 Å². The molecule has 112 valence electrons. The number of nitrogens with zero attached hydrogens (tertiary/aromatic N) is 3. The molecular weight excluding hydrogens is 284 g/mol. The van der Waals surface area contributed by atoms with Gasteiger partial charge in [-0.25, -0.2) is 9.97 Å². The van der Waals surface area contributed by atoms with E-state index in [1.807, 2.05) is 6.07 Å². The van der Waals surface area contributed by atoms with Gasteiger partial charge < -0.3 is 15.0 Å². The quantitative estimate of drug-likeness (QED) is 0.920. The summed E-state index contributed by atoms with van der Waals surface area (Å²) < 4.78 is 5.38. The summed E-state index contributed by atoms with van der Waals surface area (Å²) >= 11 is 1.77. The summed E-state index contributed by atoms with van der Waals surface area (Å²) in [5, 5.41) is 5.62. The molecule has 5 nitrogen and oxygen atoms in total. The average Bonchev–Trinajstić information content (AvgIpc) is 3.08. The van der Waals surface area contributed by atoms with Gasteiger partial charge in [0.25, 0.3) is 0 Å². The Hall–Kier alpha value is -1.66. The second kappa shape index (κ2) is 6.87. The third-order valence-corrected chi connectivity index (χ3v) is 4.59. The molecule has 6 heteroatoms. The molecule has 0 bridgehead atoms. The summed E-state index contributed by atoms with van der Waals surface area (Å²) in [5.41, 5.74) is 0. The van der Waals surface area contributed by atoms with E-state index in [0.29, 0.717) is 6.04 Å². The monoisotopic (exact) mass is 304 g/mol. The minimum Gasteiger partial charge on any atom is -0.378 e. The summed E-state index contributed by atoms with van der Waals surface area (Å²) in [7, 11) is 0. The molecule has 21 heavy (non-hydrogen) atoms. The fourth-order valence-corrected chi connectivity index (χ4v) is 3.30. The van der Waals surface area contributed by atoms with Crippen LogP contribution < -0.4 is 10.2 Å². The highest BCUT2D eigenvalue weighted by atomic mass is 32.1. The van der Waals surface area contributed by atoms with Gasteiger partial charge in [0.15, 0.2) is 0 Å². The van der Waals surface area contributed by atoms with Crippen LogP contribution in [-0.2, 0) is 4.74 Å². The number of aromatic nitrogens is 2. The minimum atomic E-state index is 0.303. The molecule has 1 unspecified atom stereocenters. The van der Waals surface area contributed by atoms with Crippen molar-refractivity contribution in [1.82, 2.24) is 9.97 Å². The van der Waals surface area contributed by atoms with Crippen LogP contribution >= 0.6 is 11.3 Å². The highest BCUT2D eigenvalue weighted by molar-refractivity contribution is 7.10. The van der Waals surface area contributed by atoms with E-state index in [4.69, 9.17) is 4.74 Å². The molecule has 1 saturated heterocycles. The second-order valence-corrected chi connectivity index (χ2v) is 5.96. The number of rotatable bonds is 5. The smallest absolute Gasteiger partial charge is 0.134 e. The highest BCUT2D eigenvalue weighted by Crippen LogP contribution is 2.26. The van der Waals surface area contributed by atoms with E-state index < -0.39 is 0 Å². The molecule has 3 heterocycles. The molecular formula is C15H20N4OS. The normalized spacial score (nSPS) is 16.7. The van der Waals surface area contributed by atoms with Gasteiger partial charge in [-0.15, -0.1) is 11.3 Å². The van der Waals surface area contributed by atoms with E-state index in [9.17, 15) is 0 Å². The van der Waals surface area contributed by atoms with Gasteiger partial charge in [0.2, 0.25) is 0 Å². The van der Waals surface area contributed by atoms with Crippen molar-refractivity contribution in [2.45, 2.75) is 19.4 Å². The first-order valence-corrected chi connectivity index (χ1v) is 8.19. The molecule has 1 N–H and O–H groups in total. The van der Waals surface area contributed by atoms with Crippen LogP contribution in [0.4, 0.5) is 11.6 Å². The molecule has 3 rings (SSSR count). The molecule has 2 aromatic heterocycles. The molecule has 0 aromatic carbocycles. The van der Waals surface area contributed by atoms with Crippen LogP contribution in [0.1, 0.15) is 24.3 Å². The van der Waals surface area contributed by atoms with Crippen LogP contribution in [0.5, 0.6) is 0 Å². The maximum absolute atomic E-state index is 5.38. The first-order valence-electron chi connectivity index (χ1n) is 7.31. The topological polar surface area (TPSA) is 50.3 Å². The van der Waals surface area contributed by atoms with Gasteiger partial charge in [0.05, 0.1) is 19.3 Å². The predicted molar refractivity (Wildman–Crippen MR) is 86.0 cm³/mol. The van der Waals surface area contributed by atoms with Crippen molar-refractivity contribution in [3.05, 3.63) is 34.8 Å². The predicted octanol–water partition coefficient (Wildman–Crippen LogP) is 2.94. The first kappa shape index (κ1) is 14.3. The molecule has 1 aliphatic rings. The number of nitrogens with one attached hydrogen (secondary N) is 1. The molecule has 0 radical (unpaired) electrons. The van der Waals surface area contributed by atoms with E-state index in [1.54, 1.807) is 17.7 Å². The van der Waals surface area contributed by atoms with Crippen molar-refractivity contribution in [1.29, 1.82) is 0 Å². The maximum Gasteiger partial charge on any atom is 0.134 e. The summed E-state index contributed by atoms with van der Waals surface area (Å²) in [6, 6.07) is 6.58. The van der Waals surface area contributed by atoms with Crippen molar-refractivity contribution in [3.63, 3.8) is 0 Å². The summed E-state index contributed by atoms with van der Waals surface area (Å²) in [6.45, 7) is 5.48. The summed E-state index contributed by atoms with van der Waals surface area (Å²) in [4.78, 5) is 12.3. The van der Waals surface area contributed by atoms with E-state index in [0.717, 1.165) is 44.4 Å². The third-order valence-electron chi connectivity index (χ3n) is 3.60. The van der Waals surface area contributed by atoms with Gasteiger partial charge >= 0.3 is 0 Å². The van der Waals surface area contributed by atoms with Gasteiger partial charge in [-0.1, -0.05) is 13.0 Å². The third kappa shape index (κ3) is 3.51. The van der Waals surface area contributed by atoms with E-state index >= 15 is 0 Å². The van der Waals surface area contributed by atoms with E-state index in [1.165, 1.54) is 4.88 Å². The molecule has 1 fully saturated rings. The molecule has 0 saturated carbocycles. The van der Waals surface area contributed by atoms with Crippen molar-refractivity contribution >= 4 is 23.0 Å². The van der Waals surface area contributed by atoms with Crippen LogP contribution in [0.2, 0.25) is 0 Å². The number of anilines is 2. The van der Waals surface area contributed by atoms with Gasteiger partial charge in [0.1, 0.15) is 18.0 Å². The second-order valence-electron chi connectivity index (χ2n) is 4.98. The van der Waals surface area contributed by atoms with E-state index in [2.05, 4.69) is 44.6 Å². The number of morpholine rings is 1. The van der Waals surface area contributed by atoms with Crippen LogP contribution in [0.15, 0.2) is 29.9 Å². The lowest BCUT2D eigenvalue weighted by Crippen LogP contribution is -2.36. The fourth-order valence-electron chi connectivity index (χ4n) is 2.43. The Balaban J connectivity index is 1.73. The Morgan fingerprint density at radius 3 is 2.95 bits per heavy atom. The number of thiophene rings is 1. The van der Waals surface area contributed by atoms with Crippen LogP contribution in [0.3, 0.4) is 0 Å². The molecule has 0 aliphatic carbocycles. The zero-order valence-electron chi connectivity index (χ0n) is 12.2. The Kier molecular flexibility index (Phi) is 4.67. The number of hydrogen-bond acceptors (Lipinski definition) is 6. The summed E-state index contributed by atoms with van der Waals surface area (Å²) in [5.74, 6) is 1.85. The lowest BCUT2D eigenvalue weighted by molar-refractivity contribution is 0.122. The molecule has 2 aromatic rings. The first-order chi connectivity index (χ1) is 10.4. The summed E-state index contributed by atoms with van der Waals surface area (Å²) in [6.07, 6.45) is 2.66. The Labute approximate surface area is 129 Å². The van der Waals surface area contributed by atoms with Crippen LogP contribution in [-0.4, -0.2) is 36.3 Å². The standard InChI is InChI=1S/C15H20N4OS/c1-2-12(13-4-3-9-21-13)18-14-10-15(17-11-16-14)19-5-7-20-8-6-19/h3-4,9-12H,2,5-8H2,1H3,(H,16,17,18). The lowest BCUT2D eigenvalue weighted by atomic mass is 10.2. The van der Waals surface area contributed by atoms with Gasteiger partial charge in [-0.2, -0.15) is 0 Å². The molecule has 0 spiro atoms. The van der Waals surface area contributed by atoms with Crippen LogP contribution in [0.25, 0.3) is 0 Å². The zero-order valence-corrected chi connectivity index (χ0v) is 13.0. The van der Waals surface area contributed by atoms with Crippen molar-refractivity contribution in [2.75, 3.05) is 36.5 Å². The Bertz CT molecular complexity index is 555. The number of ether oxygens (including phenoxy) is 1. The highest BCUT2D eigenvalue weighted by Gasteiger charge is 2.15. The Morgan fingerprint density at radius 1 is 1.38 bits per heavy atom. The SMILES string of the molecule is CCC(Nc1cc(N2CCOCC2)ncn1)c1cccs1. The van der Waals surface area contributed by atoms with Gasteiger partial charge in [-0.3, -0.25) is 0 Å². The van der Waals surface area contributed by atoms with Crippen LogP contribution in [0, 0.1) is 0 Å². The molecule has 1 atom stereocenters. The van der Waals surface area contributed by atoms with Gasteiger partial charge in [-0.05, 0) is 17.9 Å². The minimum absolute atomic E-state index is 0.303. The zero-order chi connectivity index (χ0) is 14.5. The van der Waals surface area contributed by atoms with E-state index in [-0.39, 0.29) is 0 Å². The van der Waals surface area contributed by atoms with Crippen molar-refractivity contribution < 1.29 is 4.74 Å².